The highest BCUT2D eigenvalue weighted by atomic mass is 15.3. The molecular weight excluding hydrogens is 208 g/mol. The number of nitrogens with zero attached hydrogens (tertiary/aromatic N) is 2. The monoisotopic (exact) mass is 236 g/mol. The van der Waals surface area contributed by atoms with Crippen molar-refractivity contribution in [2.24, 2.45) is 11.3 Å². The summed E-state index contributed by atoms with van der Waals surface area (Å²) in [7, 11) is 0. The maximum Gasteiger partial charge on any atom is 0.0125 e. The van der Waals surface area contributed by atoms with Gasteiger partial charge in [0.15, 0.2) is 0 Å². The van der Waals surface area contributed by atoms with Crippen LogP contribution in [0.1, 0.15) is 47.0 Å². The average Bonchev–Trinajstić information content (AvgIpc) is 2.44. The summed E-state index contributed by atoms with van der Waals surface area (Å²) in [5.41, 5.74) is 1.11. The van der Waals surface area contributed by atoms with Gasteiger partial charge in [0, 0.05) is 31.2 Å². The lowest BCUT2D eigenvalue weighted by Gasteiger charge is -2.64. The predicted octanol–water partition coefficient (Wildman–Crippen LogP) is 2.59. The molecule has 2 saturated heterocycles. The third-order valence-corrected chi connectivity index (χ3v) is 5.31. The van der Waals surface area contributed by atoms with Gasteiger partial charge in [0.1, 0.15) is 0 Å². The zero-order valence-corrected chi connectivity index (χ0v) is 12.0. The maximum atomic E-state index is 2.76. The van der Waals surface area contributed by atoms with Crippen LogP contribution in [0.2, 0.25) is 0 Å². The minimum Gasteiger partial charge on any atom is -0.300 e. The molecule has 1 atom stereocenters. The van der Waals surface area contributed by atoms with Crippen LogP contribution in [0.5, 0.6) is 0 Å². The van der Waals surface area contributed by atoms with E-state index in [2.05, 4.69) is 37.5 Å². The molecule has 0 aromatic heterocycles. The van der Waals surface area contributed by atoms with E-state index in [1.54, 1.807) is 0 Å². The quantitative estimate of drug-likeness (QED) is 0.690. The molecule has 17 heavy (non-hydrogen) atoms. The molecule has 1 spiro atoms. The van der Waals surface area contributed by atoms with E-state index < -0.39 is 0 Å². The summed E-state index contributed by atoms with van der Waals surface area (Å²) < 4.78 is 0. The first-order valence-corrected chi connectivity index (χ1v) is 7.37. The second-order valence-corrected chi connectivity index (χ2v) is 7.98. The molecule has 2 heterocycles. The Morgan fingerprint density at radius 2 is 1.76 bits per heavy atom. The number of hydrogen-bond donors (Lipinski definition) is 0. The van der Waals surface area contributed by atoms with Crippen molar-refractivity contribution in [2.45, 2.75) is 58.5 Å². The molecular formula is C15H28N2. The van der Waals surface area contributed by atoms with Crippen LogP contribution in [0, 0.1) is 11.3 Å². The Hall–Kier alpha value is -0.0800. The molecule has 1 saturated carbocycles. The van der Waals surface area contributed by atoms with E-state index in [-0.39, 0.29) is 0 Å². The molecule has 2 aliphatic heterocycles. The highest BCUT2D eigenvalue weighted by Gasteiger charge is 2.55. The molecule has 3 aliphatic rings. The summed E-state index contributed by atoms with van der Waals surface area (Å²) in [4.78, 5) is 5.41. The van der Waals surface area contributed by atoms with Gasteiger partial charge in [-0.25, -0.2) is 0 Å². The Labute approximate surface area is 106 Å². The van der Waals surface area contributed by atoms with Crippen molar-refractivity contribution in [1.29, 1.82) is 0 Å². The predicted molar refractivity (Wildman–Crippen MR) is 72.1 cm³/mol. The third kappa shape index (κ3) is 2.04. The van der Waals surface area contributed by atoms with Gasteiger partial charge in [0.2, 0.25) is 0 Å². The van der Waals surface area contributed by atoms with E-state index in [4.69, 9.17) is 0 Å². The molecule has 98 valence electrons. The topological polar surface area (TPSA) is 6.48 Å². The van der Waals surface area contributed by atoms with Crippen molar-refractivity contribution in [3.05, 3.63) is 0 Å². The standard InChI is InChI=1S/C15H28N2/c1-12-5-6-16(9-12)13-7-15(8-13)10-17(11-15)14(2,3)4/h12-13H,5-11H2,1-4H3/t12-/m1/s1. The van der Waals surface area contributed by atoms with Crippen molar-refractivity contribution >= 4 is 0 Å². The van der Waals surface area contributed by atoms with Crippen LogP contribution in [0.25, 0.3) is 0 Å². The van der Waals surface area contributed by atoms with E-state index in [1.807, 2.05) is 0 Å². The third-order valence-electron chi connectivity index (χ3n) is 5.31. The Bertz CT molecular complexity index is 291. The van der Waals surface area contributed by atoms with Gasteiger partial charge in [-0.05, 0) is 57.9 Å². The van der Waals surface area contributed by atoms with Crippen LogP contribution in [0.15, 0.2) is 0 Å². The highest BCUT2D eigenvalue weighted by molar-refractivity contribution is 5.10. The molecule has 2 nitrogen and oxygen atoms in total. The molecule has 3 fully saturated rings. The van der Waals surface area contributed by atoms with E-state index >= 15 is 0 Å². The van der Waals surface area contributed by atoms with E-state index in [0.717, 1.165) is 17.4 Å². The van der Waals surface area contributed by atoms with Gasteiger partial charge in [0.25, 0.3) is 0 Å². The Kier molecular flexibility index (Phi) is 2.61. The molecule has 0 radical (unpaired) electrons. The van der Waals surface area contributed by atoms with Crippen LogP contribution in [0.3, 0.4) is 0 Å². The molecule has 0 aromatic carbocycles. The fourth-order valence-electron chi connectivity index (χ4n) is 3.99. The molecule has 0 bridgehead atoms. The maximum absolute atomic E-state index is 2.76. The summed E-state index contributed by atoms with van der Waals surface area (Å²) in [6.45, 7) is 14.9. The van der Waals surface area contributed by atoms with E-state index in [0.29, 0.717) is 5.54 Å². The summed E-state index contributed by atoms with van der Waals surface area (Å²) >= 11 is 0. The van der Waals surface area contributed by atoms with E-state index in [9.17, 15) is 0 Å². The second-order valence-electron chi connectivity index (χ2n) is 7.98. The number of likely N-dealkylation sites (tertiary alicyclic amines) is 2. The van der Waals surface area contributed by atoms with Crippen LogP contribution in [-0.4, -0.2) is 47.6 Å². The van der Waals surface area contributed by atoms with Gasteiger partial charge in [-0.2, -0.15) is 0 Å². The fraction of sp³-hybridized carbons (Fsp3) is 1.00. The first kappa shape index (κ1) is 12.0. The zero-order chi connectivity index (χ0) is 12.3. The highest BCUT2D eigenvalue weighted by Crippen LogP contribution is 2.52. The van der Waals surface area contributed by atoms with Crippen LogP contribution in [-0.2, 0) is 0 Å². The van der Waals surface area contributed by atoms with Gasteiger partial charge in [-0.15, -0.1) is 0 Å². The Balaban J connectivity index is 1.47. The average molecular weight is 236 g/mol. The van der Waals surface area contributed by atoms with Crippen LogP contribution < -0.4 is 0 Å². The molecule has 0 N–H and O–H groups in total. The van der Waals surface area contributed by atoms with Gasteiger partial charge < -0.3 is 4.90 Å². The Morgan fingerprint density at radius 1 is 1.12 bits per heavy atom. The molecule has 1 aliphatic carbocycles. The first-order chi connectivity index (χ1) is 7.88. The Morgan fingerprint density at radius 3 is 2.24 bits per heavy atom. The van der Waals surface area contributed by atoms with Gasteiger partial charge in [-0.3, -0.25) is 4.90 Å². The number of rotatable bonds is 1. The minimum absolute atomic E-state index is 0.387. The molecule has 0 amide bonds. The van der Waals surface area contributed by atoms with Gasteiger partial charge in [-0.1, -0.05) is 6.92 Å². The SMILES string of the molecule is C[C@@H]1CCN(C2CC3(C2)CN(C(C)(C)C)C3)C1. The van der Waals surface area contributed by atoms with Crippen LogP contribution >= 0.6 is 0 Å². The minimum atomic E-state index is 0.387. The van der Waals surface area contributed by atoms with Crippen molar-refractivity contribution in [1.82, 2.24) is 9.80 Å². The largest absolute Gasteiger partial charge is 0.300 e. The lowest BCUT2D eigenvalue weighted by Crippen LogP contribution is -2.69. The van der Waals surface area contributed by atoms with Crippen molar-refractivity contribution in [3.63, 3.8) is 0 Å². The normalized spacial score (nSPS) is 34.9. The zero-order valence-electron chi connectivity index (χ0n) is 12.0. The van der Waals surface area contributed by atoms with Crippen molar-refractivity contribution in [3.8, 4) is 0 Å². The lowest BCUT2D eigenvalue weighted by molar-refractivity contribution is -0.137. The van der Waals surface area contributed by atoms with Crippen LogP contribution in [0.4, 0.5) is 0 Å². The lowest BCUT2D eigenvalue weighted by atomic mass is 9.59. The molecule has 0 aromatic rings. The molecule has 0 unspecified atom stereocenters. The van der Waals surface area contributed by atoms with Crippen molar-refractivity contribution in [2.75, 3.05) is 26.2 Å². The fourth-order valence-corrected chi connectivity index (χ4v) is 3.99. The van der Waals surface area contributed by atoms with Crippen molar-refractivity contribution < 1.29 is 0 Å². The summed E-state index contributed by atoms with van der Waals surface area (Å²) in [6, 6.07) is 0.932. The number of hydrogen-bond acceptors (Lipinski definition) is 2. The van der Waals surface area contributed by atoms with E-state index in [1.165, 1.54) is 45.4 Å². The molecule has 3 rings (SSSR count). The summed E-state index contributed by atoms with van der Waals surface area (Å²) in [5, 5.41) is 0. The van der Waals surface area contributed by atoms with Gasteiger partial charge >= 0.3 is 0 Å². The first-order valence-electron chi connectivity index (χ1n) is 7.37. The second kappa shape index (κ2) is 3.71. The summed E-state index contributed by atoms with van der Waals surface area (Å²) in [5.74, 6) is 0.944. The smallest absolute Gasteiger partial charge is 0.0125 e. The summed E-state index contributed by atoms with van der Waals surface area (Å²) in [6.07, 6.45) is 4.39. The van der Waals surface area contributed by atoms with Gasteiger partial charge in [0.05, 0.1) is 0 Å². The molecule has 2 heteroatoms.